The Morgan fingerprint density at radius 2 is 2.26 bits per heavy atom. The minimum Gasteiger partial charge on any atom is -0.202 e. The smallest absolute Gasteiger partial charge is 0.202 e. The zero-order chi connectivity index (χ0) is 13.2. The van der Waals surface area contributed by atoms with Gasteiger partial charge in [-0.1, -0.05) is 0 Å². The maximum atomic E-state index is 4.38. The molecule has 19 heavy (non-hydrogen) atoms. The summed E-state index contributed by atoms with van der Waals surface area (Å²) in [5.74, 6) is 0.581. The first-order chi connectivity index (χ1) is 9.24. The van der Waals surface area contributed by atoms with Crippen LogP contribution in [0.25, 0.3) is 5.95 Å². The summed E-state index contributed by atoms with van der Waals surface area (Å²) in [5, 5.41) is 20.7. The number of hydrogen-bond donors (Lipinski definition) is 0. The van der Waals surface area contributed by atoms with E-state index in [1.165, 1.54) is 0 Å². The molecule has 0 amide bonds. The molecular weight excluding hydrogens is 260 g/mol. The van der Waals surface area contributed by atoms with Crippen LogP contribution in [0.1, 0.15) is 17.0 Å². The molecular formula is C12H12N6S. The van der Waals surface area contributed by atoms with E-state index in [9.17, 15) is 0 Å². The van der Waals surface area contributed by atoms with Crippen LogP contribution in [0.4, 0.5) is 0 Å². The van der Waals surface area contributed by atoms with Gasteiger partial charge in [-0.2, -0.15) is 26.2 Å². The second-order valence-electron chi connectivity index (χ2n) is 4.12. The molecule has 3 aromatic heterocycles. The fourth-order valence-corrected chi connectivity index (χ4v) is 2.36. The summed E-state index contributed by atoms with van der Waals surface area (Å²) in [7, 11) is 0. The predicted molar refractivity (Wildman–Crippen MR) is 73.9 cm³/mol. The van der Waals surface area contributed by atoms with Gasteiger partial charge in [0.05, 0.1) is 11.9 Å². The van der Waals surface area contributed by atoms with Gasteiger partial charge in [0.2, 0.25) is 0 Å². The summed E-state index contributed by atoms with van der Waals surface area (Å²) in [6.45, 7) is 3.92. The second-order valence-corrected chi connectivity index (χ2v) is 4.90. The van der Waals surface area contributed by atoms with Crippen molar-refractivity contribution in [3.8, 4) is 5.95 Å². The topological polar surface area (TPSA) is 60.9 Å². The van der Waals surface area contributed by atoms with Crippen LogP contribution in [0.15, 0.2) is 34.3 Å². The standard InChI is InChI=1S/C12H12N6S/c1-9-5-10(2)18(16-9)12-15-13-8-17(12)14-6-11-3-4-19-7-11/h3-8H,1-2H3/b14-6-. The van der Waals surface area contributed by atoms with Crippen LogP contribution in [-0.2, 0) is 0 Å². The van der Waals surface area contributed by atoms with Crippen LogP contribution in [0.2, 0.25) is 0 Å². The molecule has 96 valence electrons. The van der Waals surface area contributed by atoms with E-state index in [1.807, 2.05) is 36.7 Å². The van der Waals surface area contributed by atoms with Gasteiger partial charge in [-0.05, 0) is 36.7 Å². The molecule has 3 heterocycles. The van der Waals surface area contributed by atoms with Crippen molar-refractivity contribution in [2.24, 2.45) is 5.10 Å². The van der Waals surface area contributed by atoms with Gasteiger partial charge in [0.25, 0.3) is 5.95 Å². The third kappa shape index (κ3) is 2.32. The molecule has 0 atom stereocenters. The van der Waals surface area contributed by atoms with E-state index in [0.717, 1.165) is 17.0 Å². The van der Waals surface area contributed by atoms with Gasteiger partial charge in [-0.15, -0.1) is 10.2 Å². The van der Waals surface area contributed by atoms with Gasteiger partial charge in [0.1, 0.15) is 6.33 Å². The third-order valence-corrected chi connectivity index (χ3v) is 3.29. The summed E-state index contributed by atoms with van der Waals surface area (Å²) >= 11 is 1.63. The Bertz CT molecular complexity index is 706. The van der Waals surface area contributed by atoms with Gasteiger partial charge < -0.3 is 0 Å². The Hall–Kier alpha value is -2.28. The van der Waals surface area contributed by atoms with E-state index >= 15 is 0 Å². The molecule has 0 fully saturated rings. The van der Waals surface area contributed by atoms with Crippen molar-refractivity contribution in [1.82, 2.24) is 24.7 Å². The van der Waals surface area contributed by atoms with Crippen molar-refractivity contribution in [2.45, 2.75) is 13.8 Å². The molecule has 0 aliphatic carbocycles. The summed E-state index contributed by atoms with van der Waals surface area (Å²) in [6.07, 6.45) is 3.34. The Labute approximate surface area is 114 Å². The fourth-order valence-electron chi connectivity index (χ4n) is 1.75. The van der Waals surface area contributed by atoms with Gasteiger partial charge in [-0.25, -0.2) is 4.68 Å². The molecule has 0 aliphatic heterocycles. The normalized spacial score (nSPS) is 11.5. The first kappa shape index (κ1) is 11.8. The summed E-state index contributed by atoms with van der Waals surface area (Å²) in [5.41, 5.74) is 2.99. The second kappa shape index (κ2) is 4.77. The van der Waals surface area contributed by atoms with Crippen LogP contribution >= 0.6 is 11.3 Å². The average Bonchev–Trinajstić information content (AvgIpc) is 3.07. The number of thiophene rings is 1. The lowest BCUT2D eigenvalue weighted by molar-refractivity contribution is 0.717. The minimum atomic E-state index is 0.581. The van der Waals surface area contributed by atoms with Gasteiger partial charge in [-0.3, -0.25) is 0 Å². The summed E-state index contributed by atoms with van der Waals surface area (Å²) < 4.78 is 3.34. The van der Waals surface area contributed by atoms with Gasteiger partial charge in [0, 0.05) is 11.3 Å². The van der Waals surface area contributed by atoms with E-state index < -0.39 is 0 Å². The maximum Gasteiger partial charge on any atom is 0.273 e. The first-order valence-corrected chi connectivity index (χ1v) is 6.68. The van der Waals surface area contributed by atoms with Crippen molar-refractivity contribution >= 4 is 17.6 Å². The number of hydrogen-bond acceptors (Lipinski definition) is 5. The van der Waals surface area contributed by atoms with Crippen molar-refractivity contribution in [3.63, 3.8) is 0 Å². The number of aryl methyl sites for hydroxylation is 2. The zero-order valence-corrected chi connectivity index (χ0v) is 11.4. The van der Waals surface area contributed by atoms with E-state index in [0.29, 0.717) is 5.95 Å². The van der Waals surface area contributed by atoms with E-state index in [-0.39, 0.29) is 0 Å². The van der Waals surface area contributed by atoms with E-state index in [1.54, 1.807) is 33.2 Å². The summed E-state index contributed by atoms with van der Waals surface area (Å²) in [6, 6.07) is 3.99. The molecule has 0 bridgehead atoms. The predicted octanol–water partition coefficient (Wildman–Crippen LogP) is 2.02. The number of aromatic nitrogens is 5. The monoisotopic (exact) mass is 272 g/mol. The Morgan fingerprint density at radius 3 is 2.95 bits per heavy atom. The molecule has 6 nitrogen and oxygen atoms in total. The van der Waals surface area contributed by atoms with E-state index in [4.69, 9.17) is 0 Å². The van der Waals surface area contributed by atoms with Crippen molar-refractivity contribution in [3.05, 3.63) is 46.2 Å². The molecule has 3 aromatic rings. The SMILES string of the molecule is Cc1cc(C)n(-c2nncn2/N=C\c2ccsc2)n1. The fraction of sp³-hybridized carbons (Fsp3) is 0.167. The molecule has 7 heteroatoms. The molecule has 0 saturated heterocycles. The molecule has 3 rings (SSSR count). The zero-order valence-electron chi connectivity index (χ0n) is 10.6. The maximum absolute atomic E-state index is 4.38. The highest BCUT2D eigenvalue weighted by molar-refractivity contribution is 7.08. The molecule has 0 spiro atoms. The van der Waals surface area contributed by atoms with Crippen LogP contribution in [-0.4, -0.2) is 30.9 Å². The van der Waals surface area contributed by atoms with Gasteiger partial charge in [0.15, 0.2) is 0 Å². The molecule has 0 radical (unpaired) electrons. The first-order valence-electron chi connectivity index (χ1n) is 5.74. The quantitative estimate of drug-likeness (QED) is 0.685. The Morgan fingerprint density at radius 1 is 1.37 bits per heavy atom. The molecule has 0 unspecified atom stereocenters. The Balaban J connectivity index is 1.97. The Kier molecular flexibility index (Phi) is 2.96. The van der Waals surface area contributed by atoms with Crippen LogP contribution in [0, 0.1) is 13.8 Å². The molecule has 0 N–H and O–H groups in total. The minimum absolute atomic E-state index is 0.581. The van der Waals surface area contributed by atoms with E-state index in [2.05, 4.69) is 20.4 Å². The largest absolute Gasteiger partial charge is 0.273 e. The number of rotatable bonds is 3. The third-order valence-electron chi connectivity index (χ3n) is 2.59. The van der Waals surface area contributed by atoms with Crippen LogP contribution < -0.4 is 0 Å². The highest BCUT2D eigenvalue weighted by atomic mass is 32.1. The molecule has 0 saturated carbocycles. The number of nitrogens with zero attached hydrogens (tertiary/aromatic N) is 6. The lowest BCUT2D eigenvalue weighted by atomic mass is 10.4. The highest BCUT2D eigenvalue weighted by Gasteiger charge is 2.10. The van der Waals surface area contributed by atoms with Crippen molar-refractivity contribution < 1.29 is 0 Å². The van der Waals surface area contributed by atoms with Crippen LogP contribution in [0.3, 0.4) is 0 Å². The highest BCUT2D eigenvalue weighted by Crippen LogP contribution is 2.09. The lowest BCUT2D eigenvalue weighted by Crippen LogP contribution is -2.06. The van der Waals surface area contributed by atoms with Crippen molar-refractivity contribution in [1.29, 1.82) is 0 Å². The van der Waals surface area contributed by atoms with Crippen molar-refractivity contribution in [2.75, 3.05) is 0 Å². The van der Waals surface area contributed by atoms with Gasteiger partial charge >= 0.3 is 0 Å². The summed E-state index contributed by atoms with van der Waals surface area (Å²) in [4.78, 5) is 0. The lowest BCUT2D eigenvalue weighted by Gasteiger charge is -2.01. The molecule has 0 aliphatic rings. The van der Waals surface area contributed by atoms with Crippen LogP contribution in [0.5, 0.6) is 0 Å². The average molecular weight is 272 g/mol. The molecule has 0 aromatic carbocycles.